The highest BCUT2D eigenvalue weighted by molar-refractivity contribution is 5.11. The van der Waals surface area contributed by atoms with Crippen LogP contribution in [0.15, 0.2) is 11.6 Å². The Morgan fingerprint density at radius 1 is 1.18 bits per heavy atom. The summed E-state index contributed by atoms with van der Waals surface area (Å²) in [6, 6.07) is 0. The average Bonchev–Trinajstić information content (AvgIpc) is 2.40. The SMILES string of the molecule is CNCC(=CC1CCCOC1)C1CCCCC1. The van der Waals surface area contributed by atoms with Gasteiger partial charge in [-0.1, -0.05) is 30.9 Å². The maximum absolute atomic E-state index is 5.58. The van der Waals surface area contributed by atoms with Gasteiger partial charge in [0.05, 0.1) is 6.61 Å². The third-order valence-corrected chi connectivity index (χ3v) is 4.16. The van der Waals surface area contributed by atoms with Crippen molar-refractivity contribution >= 4 is 0 Å². The summed E-state index contributed by atoms with van der Waals surface area (Å²) in [7, 11) is 2.06. The molecule has 0 aromatic heterocycles. The van der Waals surface area contributed by atoms with Gasteiger partial charge in [0.1, 0.15) is 0 Å². The second-order valence-corrected chi connectivity index (χ2v) is 5.58. The third-order valence-electron chi connectivity index (χ3n) is 4.16. The van der Waals surface area contributed by atoms with Crippen LogP contribution in [-0.4, -0.2) is 26.8 Å². The molecule has 1 atom stereocenters. The smallest absolute Gasteiger partial charge is 0.0528 e. The van der Waals surface area contributed by atoms with Crippen molar-refractivity contribution in [3.63, 3.8) is 0 Å². The highest BCUT2D eigenvalue weighted by Crippen LogP contribution is 2.31. The second kappa shape index (κ2) is 7.17. The Bertz CT molecular complexity index is 237. The van der Waals surface area contributed by atoms with E-state index in [9.17, 15) is 0 Å². The van der Waals surface area contributed by atoms with Crippen LogP contribution in [0.3, 0.4) is 0 Å². The molecule has 0 amide bonds. The summed E-state index contributed by atoms with van der Waals surface area (Å²) in [5.41, 5.74) is 1.66. The molecule has 1 saturated carbocycles. The first kappa shape index (κ1) is 13.1. The summed E-state index contributed by atoms with van der Waals surface area (Å²) in [6.07, 6.45) is 12.2. The van der Waals surface area contributed by atoms with Crippen molar-refractivity contribution < 1.29 is 4.74 Å². The lowest BCUT2D eigenvalue weighted by molar-refractivity contribution is 0.0705. The number of nitrogens with one attached hydrogen (secondary N) is 1. The quantitative estimate of drug-likeness (QED) is 0.758. The average molecular weight is 237 g/mol. The predicted octanol–water partition coefficient (Wildman–Crippen LogP) is 3.14. The lowest BCUT2D eigenvalue weighted by Crippen LogP contribution is -2.22. The van der Waals surface area contributed by atoms with Crippen LogP contribution >= 0.6 is 0 Å². The summed E-state index contributed by atoms with van der Waals surface area (Å²) in [6.45, 7) is 2.98. The van der Waals surface area contributed by atoms with E-state index >= 15 is 0 Å². The van der Waals surface area contributed by atoms with E-state index < -0.39 is 0 Å². The van der Waals surface area contributed by atoms with Gasteiger partial charge in [-0.3, -0.25) is 0 Å². The van der Waals surface area contributed by atoms with Crippen molar-refractivity contribution in [2.75, 3.05) is 26.8 Å². The van der Waals surface area contributed by atoms with E-state index in [-0.39, 0.29) is 0 Å². The monoisotopic (exact) mass is 237 g/mol. The van der Waals surface area contributed by atoms with Gasteiger partial charge < -0.3 is 10.1 Å². The number of ether oxygens (including phenoxy) is 1. The molecule has 1 heterocycles. The molecule has 2 rings (SSSR count). The first-order valence-electron chi connectivity index (χ1n) is 7.33. The number of hydrogen-bond acceptors (Lipinski definition) is 2. The van der Waals surface area contributed by atoms with E-state index in [0.29, 0.717) is 5.92 Å². The van der Waals surface area contributed by atoms with Crippen molar-refractivity contribution in [2.45, 2.75) is 44.9 Å². The zero-order chi connectivity index (χ0) is 11.9. The van der Waals surface area contributed by atoms with Crippen LogP contribution in [-0.2, 0) is 4.74 Å². The Labute approximate surface area is 106 Å². The lowest BCUT2D eigenvalue weighted by atomic mass is 9.82. The Morgan fingerprint density at radius 2 is 2.00 bits per heavy atom. The zero-order valence-electron chi connectivity index (χ0n) is 11.2. The van der Waals surface area contributed by atoms with Gasteiger partial charge in [0, 0.05) is 19.1 Å². The second-order valence-electron chi connectivity index (χ2n) is 5.58. The van der Waals surface area contributed by atoms with E-state index in [1.54, 1.807) is 5.57 Å². The molecule has 0 bridgehead atoms. The fraction of sp³-hybridized carbons (Fsp3) is 0.867. The molecule has 17 heavy (non-hydrogen) atoms. The fourth-order valence-electron chi connectivity index (χ4n) is 3.22. The molecule has 0 aromatic carbocycles. The summed E-state index contributed by atoms with van der Waals surface area (Å²) < 4.78 is 5.58. The molecule has 2 nitrogen and oxygen atoms in total. The minimum atomic E-state index is 0.675. The van der Waals surface area contributed by atoms with Crippen LogP contribution in [0.1, 0.15) is 44.9 Å². The van der Waals surface area contributed by atoms with Crippen LogP contribution < -0.4 is 5.32 Å². The summed E-state index contributed by atoms with van der Waals surface area (Å²) in [4.78, 5) is 0. The van der Waals surface area contributed by atoms with Gasteiger partial charge >= 0.3 is 0 Å². The molecule has 1 N–H and O–H groups in total. The molecule has 98 valence electrons. The van der Waals surface area contributed by atoms with Crippen LogP contribution in [0.5, 0.6) is 0 Å². The van der Waals surface area contributed by atoms with Crippen LogP contribution in [0.4, 0.5) is 0 Å². The first-order valence-corrected chi connectivity index (χ1v) is 7.33. The van der Waals surface area contributed by atoms with Crippen molar-refractivity contribution in [3.8, 4) is 0 Å². The molecule has 1 saturated heterocycles. The third kappa shape index (κ3) is 4.11. The van der Waals surface area contributed by atoms with Gasteiger partial charge in [0.15, 0.2) is 0 Å². The molecule has 2 heteroatoms. The minimum absolute atomic E-state index is 0.675. The molecule has 2 aliphatic rings. The molecule has 0 radical (unpaired) electrons. The van der Waals surface area contributed by atoms with Crippen molar-refractivity contribution in [1.82, 2.24) is 5.32 Å². The number of likely N-dealkylation sites (N-methyl/N-ethyl adjacent to an activating group) is 1. The van der Waals surface area contributed by atoms with E-state index in [1.807, 2.05) is 0 Å². The predicted molar refractivity (Wildman–Crippen MR) is 72.1 cm³/mol. The Hall–Kier alpha value is -0.340. The molecule has 2 fully saturated rings. The van der Waals surface area contributed by atoms with Crippen LogP contribution in [0.25, 0.3) is 0 Å². The highest BCUT2D eigenvalue weighted by Gasteiger charge is 2.19. The topological polar surface area (TPSA) is 21.3 Å². The molecule has 1 unspecified atom stereocenters. The van der Waals surface area contributed by atoms with Gasteiger partial charge in [-0.15, -0.1) is 0 Å². The van der Waals surface area contributed by atoms with E-state index in [4.69, 9.17) is 4.74 Å². The maximum atomic E-state index is 5.58. The highest BCUT2D eigenvalue weighted by atomic mass is 16.5. The molecule has 1 aliphatic heterocycles. The van der Waals surface area contributed by atoms with Gasteiger partial charge in [-0.2, -0.15) is 0 Å². The normalized spacial score (nSPS) is 28.3. The van der Waals surface area contributed by atoms with Crippen LogP contribution in [0.2, 0.25) is 0 Å². The van der Waals surface area contributed by atoms with Crippen LogP contribution in [0, 0.1) is 11.8 Å². The standard InChI is InChI=1S/C15H27NO/c1-16-11-15(14-7-3-2-4-8-14)10-13-6-5-9-17-12-13/h10,13-14,16H,2-9,11-12H2,1H3. The number of hydrogen-bond donors (Lipinski definition) is 1. The van der Waals surface area contributed by atoms with E-state index in [2.05, 4.69) is 18.4 Å². The van der Waals surface area contributed by atoms with Gasteiger partial charge in [-0.05, 0) is 38.6 Å². The van der Waals surface area contributed by atoms with Crippen molar-refractivity contribution in [3.05, 3.63) is 11.6 Å². The Kier molecular flexibility index (Phi) is 5.53. The van der Waals surface area contributed by atoms with Gasteiger partial charge in [0.25, 0.3) is 0 Å². The summed E-state index contributed by atoms with van der Waals surface area (Å²) in [5, 5.41) is 3.35. The van der Waals surface area contributed by atoms with Crippen molar-refractivity contribution in [2.24, 2.45) is 11.8 Å². The molecule has 0 spiro atoms. The van der Waals surface area contributed by atoms with E-state index in [0.717, 1.165) is 25.7 Å². The first-order chi connectivity index (χ1) is 8.40. The minimum Gasteiger partial charge on any atom is -0.381 e. The Morgan fingerprint density at radius 3 is 2.65 bits per heavy atom. The van der Waals surface area contributed by atoms with Gasteiger partial charge in [-0.25, -0.2) is 0 Å². The molecular weight excluding hydrogens is 210 g/mol. The number of rotatable bonds is 4. The van der Waals surface area contributed by atoms with Crippen molar-refractivity contribution in [1.29, 1.82) is 0 Å². The summed E-state index contributed by atoms with van der Waals surface area (Å²) >= 11 is 0. The fourth-order valence-corrected chi connectivity index (χ4v) is 3.22. The largest absolute Gasteiger partial charge is 0.381 e. The van der Waals surface area contributed by atoms with Gasteiger partial charge in [0.2, 0.25) is 0 Å². The molecule has 1 aliphatic carbocycles. The Balaban J connectivity index is 1.95. The van der Waals surface area contributed by atoms with E-state index in [1.165, 1.54) is 44.9 Å². The maximum Gasteiger partial charge on any atom is 0.0528 e. The molecule has 0 aromatic rings. The lowest BCUT2D eigenvalue weighted by Gasteiger charge is -2.27. The molecular formula is C15H27NO. The summed E-state index contributed by atoms with van der Waals surface area (Å²) in [5.74, 6) is 1.52. The zero-order valence-corrected chi connectivity index (χ0v) is 11.2.